The number of thiazole rings is 1. The fourth-order valence-electron chi connectivity index (χ4n) is 3.49. The lowest BCUT2D eigenvalue weighted by molar-refractivity contribution is 0.359. The number of hydrogen-bond donors (Lipinski definition) is 2. The zero-order chi connectivity index (χ0) is 18.3. The average molecular weight is 390 g/mol. The third-order valence-electron chi connectivity index (χ3n) is 4.77. The molecule has 1 saturated heterocycles. The number of fused-ring (bicyclic) bond motifs is 1. The summed E-state index contributed by atoms with van der Waals surface area (Å²) >= 11 is 3.44. The number of nitrogens with one attached hydrogen (secondary N) is 1. The molecule has 3 aromatic rings. The summed E-state index contributed by atoms with van der Waals surface area (Å²) in [5.41, 5.74) is 3.48. The van der Waals surface area contributed by atoms with Crippen LogP contribution in [-0.4, -0.2) is 49.6 Å². The summed E-state index contributed by atoms with van der Waals surface area (Å²) < 4.78 is 5.16. The third-order valence-corrected chi connectivity index (χ3v) is 6.56. The van der Waals surface area contributed by atoms with Gasteiger partial charge in [-0.05, 0) is 50.1 Å². The molecule has 0 atom stereocenters. The summed E-state index contributed by atoms with van der Waals surface area (Å²) in [6.45, 7) is 6.18. The topological polar surface area (TPSA) is 66.2 Å². The second-order valence-electron chi connectivity index (χ2n) is 6.76. The lowest BCUT2D eigenvalue weighted by atomic mass is 10.1. The van der Waals surface area contributed by atoms with Gasteiger partial charge in [0.1, 0.15) is 11.4 Å². The number of benzene rings is 1. The Labute approximate surface area is 161 Å². The molecule has 6 nitrogen and oxygen atoms in total. The van der Waals surface area contributed by atoms with Crippen LogP contribution in [0.4, 0.5) is 5.13 Å². The number of nitrogens with zero attached hydrogens (tertiary/aromatic N) is 4. The summed E-state index contributed by atoms with van der Waals surface area (Å²) in [5, 5.41) is 19.4. The first-order valence-corrected chi connectivity index (χ1v) is 10.8. The van der Waals surface area contributed by atoms with Gasteiger partial charge in [0.05, 0.1) is 10.9 Å². The van der Waals surface area contributed by atoms with Crippen molar-refractivity contribution in [2.24, 2.45) is 0 Å². The van der Waals surface area contributed by atoms with Crippen LogP contribution in [0.25, 0.3) is 16.0 Å². The van der Waals surface area contributed by atoms with Crippen LogP contribution >= 0.6 is 23.3 Å². The van der Waals surface area contributed by atoms with Crippen molar-refractivity contribution in [2.45, 2.75) is 32.7 Å². The van der Waals surface area contributed by atoms with Gasteiger partial charge in [0.25, 0.3) is 0 Å². The minimum absolute atomic E-state index is 0.247. The Kier molecular flexibility index (Phi) is 4.81. The van der Waals surface area contributed by atoms with Crippen LogP contribution < -0.4 is 5.32 Å². The largest absolute Gasteiger partial charge is 0.506 e. The minimum Gasteiger partial charge on any atom is -0.506 e. The van der Waals surface area contributed by atoms with Gasteiger partial charge < -0.3 is 10.4 Å². The van der Waals surface area contributed by atoms with Gasteiger partial charge in [0.15, 0.2) is 10.8 Å². The van der Waals surface area contributed by atoms with E-state index in [-0.39, 0.29) is 5.75 Å². The van der Waals surface area contributed by atoms with E-state index < -0.39 is 0 Å². The summed E-state index contributed by atoms with van der Waals surface area (Å²) in [6.07, 6.45) is 6.35. The van der Waals surface area contributed by atoms with Crippen LogP contribution in [0.15, 0.2) is 18.3 Å². The Hall–Kier alpha value is -1.77. The van der Waals surface area contributed by atoms with Gasteiger partial charge in [-0.1, -0.05) is 29.4 Å². The molecule has 0 unspecified atom stereocenters. The van der Waals surface area contributed by atoms with Gasteiger partial charge in [-0.15, -0.1) is 5.10 Å². The molecule has 0 amide bonds. The molecule has 1 aliphatic rings. The maximum Gasteiger partial charge on any atom is 0.194 e. The fraction of sp³-hybridized carbons (Fsp3) is 0.444. The monoisotopic (exact) mass is 389 g/mol. The molecule has 1 aliphatic heterocycles. The molecule has 3 heterocycles. The second-order valence-corrected chi connectivity index (χ2v) is 8.67. The van der Waals surface area contributed by atoms with Crippen LogP contribution in [0.3, 0.4) is 0 Å². The maximum absolute atomic E-state index is 10.3. The van der Waals surface area contributed by atoms with Crippen LogP contribution in [0.1, 0.15) is 24.0 Å². The van der Waals surface area contributed by atoms with Gasteiger partial charge in [-0.25, -0.2) is 4.68 Å². The highest BCUT2D eigenvalue weighted by Crippen LogP contribution is 2.31. The first-order valence-electron chi connectivity index (χ1n) is 8.76. The predicted octanol–water partition coefficient (Wildman–Crippen LogP) is 3.96. The van der Waals surface area contributed by atoms with Crippen LogP contribution in [0.2, 0.25) is 0 Å². The quantitative estimate of drug-likeness (QED) is 0.659. The van der Waals surface area contributed by atoms with Crippen molar-refractivity contribution >= 4 is 38.8 Å². The Balaban J connectivity index is 1.53. The number of phenolic OH excluding ortho intramolecular Hbond substituents is 1. The molecule has 4 rings (SSSR count). The number of hydrogen-bond acceptors (Lipinski definition) is 7. The van der Waals surface area contributed by atoms with Crippen molar-refractivity contribution < 1.29 is 5.11 Å². The van der Waals surface area contributed by atoms with Gasteiger partial charge in [0.2, 0.25) is 0 Å². The van der Waals surface area contributed by atoms with Crippen LogP contribution in [0, 0.1) is 13.8 Å². The van der Waals surface area contributed by atoms with E-state index in [0.29, 0.717) is 6.04 Å². The Morgan fingerprint density at radius 1 is 1.27 bits per heavy atom. The number of rotatable bonds is 4. The zero-order valence-corrected chi connectivity index (χ0v) is 16.8. The average Bonchev–Trinajstić information content (AvgIpc) is 3.13. The normalized spacial score (nSPS) is 16.4. The number of piperidine rings is 1. The molecule has 1 fully saturated rings. The predicted molar refractivity (Wildman–Crippen MR) is 110 cm³/mol. The van der Waals surface area contributed by atoms with E-state index in [9.17, 15) is 5.11 Å². The lowest BCUT2D eigenvalue weighted by Crippen LogP contribution is -2.35. The molecule has 26 heavy (non-hydrogen) atoms. The Bertz CT molecular complexity index is 872. The number of aromatic hydroxyl groups is 1. The molecule has 0 saturated carbocycles. The molecule has 138 valence electrons. The van der Waals surface area contributed by atoms with E-state index in [2.05, 4.69) is 26.0 Å². The highest BCUT2D eigenvalue weighted by molar-refractivity contribution is 7.96. The third kappa shape index (κ3) is 3.41. The van der Waals surface area contributed by atoms with E-state index >= 15 is 0 Å². The van der Waals surface area contributed by atoms with E-state index in [1.165, 1.54) is 0 Å². The summed E-state index contributed by atoms with van der Waals surface area (Å²) in [4.78, 5) is 4.64. The molecular weight excluding hydrogens is 366 g/mol. The summed E-state index contributed by atoms with van der Waals surface area (Å²) in [5.74, 6) is 0.247. The van der Waals surface area contributed by atoms with Crippen molar-refractivity contribution in [2.75, 3.05) is 24.7 Å². The highest BCUT2D eigenvalue weighted by atomic mass is 32.2. The molecule has 0 bridgehead atoms. The second kappa shape index (κ2) is 7.09. The standard InChI is InChI=1S/C18H23N5OS2/c1-11-8-12(2)16(14(24)9-11)23-10-15-17(21-23)20-18(26-15)19-13-4-6-22(25-3)7-5-13/h8-10,13,24H,4-7H2,1-3H3,(H,19,20,21). The van der Waals surface area contributed by atoms with E-state index in [0.717, 1.165) is 58.2 Å². The van der Waals surface area contributed by atoms with Crippen molar-refractivity contribution in [3.63, 3.8) is 0 Å². The Morgan fingerprint density at radius 2 is 2.04 bits per heavy atom. The molecule has 2 N–H and O–H groups in total. The number of aromatic nitrogens is 3. The first-order chi connectivity index (χ1) is 12.5. The summed E-state index contributed by atoms with van der Waals surface area (Å²) in [6, 6.07) is 4.29. The minimum atomic E-state index is 0.247. The molecule has 0 aliphatic carbocycles. The molecule has 0 radical (unpaired) electrons. The smallest absolute Gasteiger partial charge is 0.194 e. The van der Waals surface area contributed by atoms with Crippen molar-refractivity contribution in [1.82, 2.24) is 19.1 Å². The number of phenols is 1. The van der Waals surface area contributed by atoms with Gasteiger partial charge in [-0.3, -0.25) is 4.31 Å². The zero-order valence-electron chi connectivity index (χ0n) is 15.2. The van der Waals surface area contributed by atoms with Crippen LogP contribution in [0.5, 0.6) is 5.75 Å². The first kappa shape index (κ1) is 17.6. The molecular formula is C18H23N5OS2. The highest BCUT2D eigenvalue weighted by Gasteiger charge is 2.20. The Morgan fingerprint density at radius 3 is 2.69 bits per heavy atom. The van der Waals surface area contributed by atoms with Gasteiger partial charge >= 0.3 is 0 Å². The maximum atomic E-state index is 10.3. The van der Waals surface area contributed by atoms with E-state index in [1.54, 1.807) is 22.1 Å². The fourth-order valence-corrected chi connectivity index (χ4v) is 4.96. The summed E-state index contributed by atoms with van der Waals surface area (Å²) in [7, 11) is 0. The molecule has 8 heteroatoms. The number of aryl methyl sites for hydroxylation is 2. The lowest BCUT2D eigenvalue weighted by Gasteiger charge is -2.30. The molecule has 0 spiro atoms. The molecule has 2 aromatic heterocycles. The van der Waals surface area contributed by atoms with Crippen molar-refractivity contribution in [1.29, 1.82) is 0 Å². The van der Waals surface area contributed by atoms with E-state index in [1.807, 2.05) is 38.1 Å². The van der Waals surface area contributed by atoms with E-state index in [4.69, 9.17) is 0 Å². The molecule has 1 aromatic carbocycles. The van der Waals surface area contributed by atoms with Gasteiger partial charge in [-0.2, -0.15) is 4.98 Å². The number of anilines is 1. The van der Waals surface area contributed by atoms with Crippen molar-refractivity contribution in [3.8, 4) is 11.4 Å². The van der Waals surface area contributed by atoms with Crippen molar-refractivity contribution in [3.05, 3.63) is 29.5 Å². The van der Waals surface area contributed by atoms with Crippen LogP contribution in [-0.2, 0) is 0 Å². The van der Waals surface area contributed by atoms with Gasteiger partial charge in [0, 0.05) is 19.1 Å². The SMILES string of the molecule is CSN1CCC(Nc2nc3nn(-c4c(C)cc(C)cc4O)cc3s2)CC1.